The number of nitrogens with one attached hydrogen (secondary N) is 2. The van der Waals surface area contributed by atoms with Crippen LogP contribution in [0.15, 0.2) is 41.5 Å². The highest BCUT2D eigenvalue weighted by Crippen LogP contribution is 2.19. The molecule has 1 unspecified atom stereocenters. The minimum Gasteiger partial charge on any atom is -0.356 e. The van der Waals surface area contributed by atoms with Crippen molar-refractivity contribution in [2.75, 3.05) is 31.6 Å². The first kappa shape index (κ1) is 24.3. The molecule has 1 aliphatic rings. The van der Waals surface area contributed by atoms with Crippen LogP contribution in [0.4, 0.5) is 14.6 Å². The molecule has 2 N–H and O–H groups in total. The van der Waals surface area contributed by atoms with Gasteiger partial charge in [-0.3, -0.25) is 4.99 Å². The molecule has 1 aromatic carbocycles. The molecular weight excluding hydrogens is 499 g/mol. The highest BCUT2D eigenvalue weighted by Gasteiger charge is 2.21. The van der Waals surface area contributed by atoms with Crippen molar-refractivity contribution in [3.63, 3.8) is 0 Å². The van der Waals surface area contributed by atoms with E-state index in [9.17, 15) is 8.78 Å². The molecule has 2 heterocycles. The maximum absolute atomic E-state index is 13.4. The fourth-order valence-electron chi connectivity index (χ4n) is 3.47. The topological polar surface area (TPSA) is 52.6 Å². The van der Waals surface area contributed by atoms with E-state index in [1.807, 2.05) is 20.0 Å². The second kappa shape index (κ2) is 11.4. The Labute approximate surface area is 194 Å². The van der Waals surface area contributed by atoms with Gasteiger partial charge in [0.25, 0.3) is 0 Å². The molecule has 0 saturated carbocycles. The monoisotopic (exact) mass is 529 g/mol. The van der Waals surface area contributed by atoms with Crippen molar-refractivity contribution >= 4 is 35.8 Å². The quantitative estimate of drug-likeness (QED) is 0.346. The van der Waals surface area contributed by atoms with Crippen molar-refractivity contribution in [1.82, 2.24) is 15.6 Å². The summed E-state index contributed by atoms with van der Waals surface area (Å²) in [5, 5.41) is 6.77. The predicted molar refractivity (Wildman–Crippen MR) is 129 cm³/mol. The molecule has 30 heavy (non-hydrogen) atoms. The van der Waals surface area contributed by atoms with Crippen molar-refractivity contribution < 1.29 is 8.78 Å². The standard InChI is InChI=1S/C22H29F2N5.HI/c1-15-4-7-21(26-13-15)29-10-8-18(9-11-29)28-22(25-3)27-14-16(2)17-5-6-19(23)20(24)12-17;/h4-7,12-13,16,18H,8-11,14H2,1-3H3,(H2,25,27,28);1H. The first-order chi connectivity index (χ1) is 14.0. The number of aryl methyl sites for hydroxylation is 1. The molecule has 1 aliphatic heterocycles. The van der Waals surface area contributed by atoms with E-state index < -0.39 is 11.6 Å². The number of anilines is 1. The molecule has 0 radical (unpaired) electrons. The van der Waals surface area contributed by atoms with Crippen LogP contribution in [0.2, 0.25) is 0 Å². The summed E-state index contributed by atoms with van der Waals surface area (Å²) >= 11 is 0. The maximum atomic E-state index is 13.4. The van der Waals surface area contributed by atoms with Crippen molar-refractivity contribution in [3.05, 3.63) is 59.3 Å². The van der Waals surface area contributed by atoms with E-state index >= 15 is 0 Å². The zero-order valence-corrected chi connectivity index (χ0v) is 20.0. The summed E-state index contributed by atoms with van der Waals surface area (Å²) in [4.78, 5) is 11.1. The number of nitrogens with zero attached hydrogens (tertiary/aromatic N) is 3. The summed E-state index contributed by atoms with van der Waals surface area (Å²) < 4.78 is 26.6. The van der Waals surface area contributed by atoms with Gasteiger partial charge in [0.2, 0.25) is 0 Å². The van der Waals surface area contributed by atoms with Crippen LogP contribution in [0.5, 0.6) is 0 Å². The Hall–Kier alpha value is -1.97. The highest BCUT2D eigenvalue weighted by atomic mass is 127. The summed E-state index contributed by atoms with van der Waals surface area (Å²) in [5.74, 6) is 0.145. The number of rotatable bonds is 5. The molecule has 2 aromatic rings. The summed E-state index contributed by atoms with van der Waals surface area (Å²) in [6.45, 7) is 6.47. The third-order valence-electron chi connectivity index (χ3n) is 5.37. The second-order valence-electron chi connectivity index (χ2n) is 7.63. The lowest BCUT2D eigenvalue weighted by Gasteiger charge is -2.34. The van der Waals surface area contributed by atoms with E-state index in [-0.39, 0.29) is 29.9 Å². The second-order valence-corrected chi connectivity index (χ2v) is 7.63. The largest absolute Gasteiger partial charge is 0.356 e. The number of guanidine groups is 1. The van der Waals surface area contributed by atoms with Gasteiger partial charge in [-0.2, -0.15) is 0 Å². The summed E-state index contributed by atoms with van der Waals surface area (Å²) in [6.07, 6.45) is 3.89. The van der Waals surface area contributed by atoms with Crippen LogP contribution in [-0.2, 0) is 0 Å². The first-order valence-corrected chi connectivity index (χ1v) is 10.1. The molecule has 164 valence electrons. The molecule has 3 rings (SSSR count). The van der Waals surface area contributed by atoms with E-state index in [4.69, 9.17) is 0 Å². The van der Waals surface area contributed by atoms with Gasteiger partial charge in [0, 0.05) is 38.9 Å². The fourth-order valence-corrected chi connectivity index (χ4v) is 3.47. The van der Waals surface area contributed by atoms with Crippen LogP contribution in [-0.4, -0.2) is 43.7 Å². The molecule has 0 spiro atoms. The third kappa shape index (κ3) is 6.52. The Balaban J connectivity index is 0.00000320. The average molecular weight is 529 g/mol. The van der Waals surface area contributed by atoms with E-state index in [0.29, 0.717) is 12.6 Å². The molecule has 0 bridgehead atoms. The fraction of sp³-hybridized carbons (Fsp3) is 0.455. The number of benzene rings is 1. The van der Waals surface area contributed by atoms with Crippen LogP contribution < -0.4 is 15.5 Å². The number of aromatic nitrogens is 1. The third-order valence-corrected chi connectivity index (χ3v) is 5.37. The van der Waals surface area contributed by atoms with Gasteiger partial charge in [0.1, 0.15) is 5.82 Å². The summed E-state index contributed by atoms with van der Waals surface area (Å²) in [5.41, 5.74) is 1.92. The highest BCUT2D eigenvalue weighted by molar-refractivity contribution is 14.0. The zero-order chi connectivity index (χ0) is 20.8. The van der Waals surface area contributed by atoms with Gasteiger partial charge >= 0.3 is 0 Å². The van der Waals surface area contributed by atoms with Crippen molar-refractivity contribution in [1.29, 1.82) is 0 Å². The molecule has 1 atom stereocenters. The molecule has 1 fully saturated rings. The molecular formula is C22H30F2IN5. The van der Waals surface area contributed by atoms with E-state index in [1.165, 1.54) is 12.1 Å². The lowest BCUT2D eigenvalue weighted by Crippen LogP contribution is -2.49. The van der Waals surface area contributed by atoms with E-state index in [0.717, 1.165) is 48.8 Å². The van der Waals surface area contributed by atoms with Gasteiger partial charge in [0.15, 0.2) is 17.6 Å². The van der Waals surface area contributed by atoms with Gasteiger partial charge in [-0.05, 0) is 55.0 Å². The van der Waals surface area contributed by atoms with Crippen molar-refractivity contribution in [2.24, 2.45) is 4.99 Å². The van der Waals surface area contributed by atoms with Crippen molar-refractivity contribution in [3.8, 4) is 0 Å². The number of pyridine rings is 1. The van der Waals surface area contributed by atoms with Crippen LogP contribution in [0.3, 0.4) is 0 Å². The average Bonchev–Trinajstić information content (AvgIpc) is 2.74. The Bertz CT molecular complexity index is 836. The van der Waals surface area contributed by atoms with Crippen LogP contribution in [0, 0.1) is 18.6 Å². The van der Waals surface area contributed by atoms with Gasteiger partial charge < -0.3 is 15.5 Å². The SMILES string of the molecule is CN=C(NCC(C)c1ccc(F)c(F)c1)NC1CCN(c2ccc(C)cn2)CC1.I. The first-order valence-electron chi connectivity index (χ1n) is 10.1. The van der Waals surface area contributed by atoms with Gasteiger partial charge in [-0.1, -0.05) is 19.1 Å². The predicted octanol–water partition coefficient (Wildman–Crippen LogP) is 4.22. The summed E-state index contributed by atoms with van der Waals surface area (Å²) in [7, 11) is 1.74. The zero-order valence-electron chi connectivity index (χ0n) is 17.7. The van der Waals surface area contributed by atoms with E-state index in [2.05, 4.69) is 37.6 Å². The number of halogens is 3. The molecule has 5 nitrogen and oxygen atoms in total. The minimum absolute atomic E-state index is 0. The molecule has 1 aromatic heterocycles. The normalized spacial score (nSPS) is 16.0. The number of aliphatic imine (C=N–C) groups is 1. The van der Waals surface area contributed by atoms with Gasteiger partial charge in [0.05, 0.1) is 0 Å². The Morgan fingerprint density at radius 2 is 1.93 bits per heavy atom. The summed E-state index contributed by atoms with van der Waals surface area (Å²) in [6, 6.07) is 8.55. The lowest BCUT2D eigenvalue weighted by atomic mass is 10.0. The van der Waals surface area contributed by atoms with Gasteiger partial charge in [-0.15, -0.1) is 24.0 Å². The van der Waals surface area contributed by atoms with Crippen LogP contribution in [0.25, 0.3) is 0 Å². The smallest absolute Gasteiger partial charge is 0.191 e. The Kier molecular flexibility index (Phi) is 9.26. The molecule has 1 saturated heterocycles. The number of hydrogen-bond donors (Lipinski definition) is 2. The molecule has 0 aliphatic carbocycles. The van der Waals surface area contributed by atoms with Gasteiger partial charge in [-0.25, -0.2) is 13.8 Å². The molecule has 8 heteroatoms. The molecule has 0 amide bonds. The van der Waals surface area contributed by atoms with Crippen LogP contribution in [0.1, 0.15) is 36.8 Å². The number of piperidine rings is 1. The Morgan fingerprint density at radius 3 is 2.53 bits per heavy atom. The number of hydrogen-bond acceptors (Lipinski definition) is 3. The maximum Gasteiger partial charge on any atom is 0.191 e. The van der Waals surface area contributed by atoms with Crippen molar-refractivity contribution in [2.45, 2.75) is 38.6 Å². The van der Waals surface area contributed by atoms with E-state index in [1.54, 1.807) is 13.1 Å². The lowest BCUT2D eigenvalue weighted by molar-refractivity contribution is 0.459. The Morgan fingerprint density at radius 1 is 1.20 bits per heavy atom. The minimum atomic E-state index is -0.821. The van der Waals surface area contributed by atoms with Crippen LogP contribution >= 0.6 is 24.0 Å².